The van der Waals surface area contributed by atoms with Crippen LogP contribution in [0.3, 0.4) is 0 Å². The highest BCUT2D eigenvalue weighted by atomic mass is 32.2. The average Bonchev–Trinajstić information content (AvgIpc) is 2.70. The standard InChI is InChI=1S/C26H46N2OS/c1-6-8-20-11-13-23(20)24(16-27-5)21-12-14-25(18(3)15-21)30-28-26-17(2)9-7-10-22(26)19(4)29/h17-18,21-22,24-28H,6-16H2,1-5H3. The second-order valence-electron chi connectivity index (χ2n) is 10.5. The Kier molecular flexibility index (Phi) is 9.34. The molecule has 0 aliphatic heterocycles. The molecule has 4 heteroatoms. The van der Waals surface area contributed by atoms with E-state index >= 15 is 0 Å². The molecule has 172 valence electrons. The SMILES string of the molecule is CCCC1=C(C(CNC)C2CCC(SNC3C(C)CCCC3C(C)=O)C(C)C2)CC1. The molecule has 7 unspecified atom stereocenters. The topological polar surface area (TPSA) is 41.1 Å². The Morgan fingerprint density at radius 3 is 2.53 bits per heavy atom. The molecule has 3 nitrogen and oxygen atoms in total. The first kappa shape index (κ1) is 24.3. The summed E-state index contributed by atoms with van der Waals surface area (Å²) in [5.41, 5.74) is 3.60. The Morgan fingerprint density at radius 1 is 1.13 bits per heavy atom. The number of rotatable bonds is 10. The number of allylic oxidation sites excluding steroid dienone is 1. The van der Waals surface area contributed by atoms with E-state index in [4.69, 9.17) is 0 Å². The highest BCUT2D eigenvalue weighted by Crippen LogP contribution is 2.46. The Hall–Kier alpha value is -0.320. The van der Waals surface area contributed by atoms with E-state index in [2.05, 4.69) is 37.9 Å². The first-order valence-electron chi connectivity index (χ1n) is 12.7. The van der Waals surface area contributed by atoms with E-state index < -0.39 is 0 Å². The van der Waals surface area contributed by atoms with E-state index in [0.717, 1.165) is 30.7 Å². The van der Waals surface area contributed by atoms with Gasteiger partial charge in [-0.2, -0.15) is 0 Å². The predicted molar refractivity (Wildman–Crippen MR) is 131 cm³/mol. The van der Waals surface area contributed by atoms with E-state index in [1.165, 1.54) is 57.8 Å². The van der Waals surface area contributed by atoms with E-state index in [1.807, 2.05) is 17.5 Å². The summed E-state index contributed by atoms with van der Waals surface area (Å²) in [4.78, 5) is 12.2. The largest absolute Gasteiger partial charge is 0.319 e. The summed E-state index contributed by atoms with van der Waals surface area (Å²) in [6.07, 6.45) is 12.9. The molecule has 0 saturated heterocycles. The fraction of sp³-hybridized carbons (Fsp3) is 0.885. The molecule has 7 atom stereocenters. The predicted octanol–water partition coefficient (Wildman–Crippen LogP) is 6.15. The fourth-order valence-electron chi connectivity index (χ4n) is 6.46. The number of carbonyl (C=O) groups excluding carboxylic acids is 1. The van der Waals surface area contributed by atoms with Gasteiger partial charge < -0.3 is 5.32 Å². The molecule has 2 saturated carbocycles. The lowest BCUT2D eigenvalue weighted by Gasteiger charge is -2.42. The van der Waals surface area contributed by atoms with Crippen LogP contribution < -0.4 is 10.0 Å². The van der Waals surface area contributed by atoms with Crippen molar-refractivity contribution >= 4 is 17.7 Å². The van der Waals surface area contributed by atoms with Gasteiger partial charge in [-0.25, -0.2) is 0 Å². The van der Waals surface area contributed by atoms with Crippen molar-refractivity contribution in [3.8, 4) is 0 Å². The van der Waals surface area contributed by atoms with Gasteiger partial charge in [0.1, 0.15) is 5.78 Å². The van der Waals surface area contributed by atoms with Crippen molar-refractivity contribution in [3.63, 3.8) is 0 Å². The molecule has 0 radical (unpaired) electrons. The summed E-state index contributed by atoms with van der Waals surface area (Å²) in [6.45, 7) is 10.1. The molecule has 30 heavy (non-hydrogen) atoms. The summed E-state index contributed by atoms with van der Waals surface area (Å²) in [6, 6.07) is 0.361. The lowest BCUT2D eigenvalue weighted by Crippen LogP contribution is -2.45. The normalized spacial score (nSPS) is 35.8. The van der Waals surface area contributed by atoms with Gasteiger partial charge in [-0.05, 0) is 89.0 Å². The second kappa shape index (κ2) is 11.5. The molecule has 3 aliphatic carbocycles. The zero-order chi connectivity index (χ0) is 21.7. The van der Waals surface area contributed by atoms with Gasteiger partial charge >= 0.3 is 0 Å². The quantitative estimate of drug-likeness (QED) is 0.320. The molecular formula is C26H46N2OS. The van der Waals surface area contributed by atoms with Crippen LogP contribution in [0.15, 0.2) is 11.1 Å². The van der Waals surface area contributed by atoms with Gasteiger partial charge in [0.25, 0.3) is 0 Å². The minimum absolute atomic E-state index is 0.218. The monoisotopic (exact) mass is 434 g/mol. The molecule has 2 fully saturated rings. The van der Waals surface area contributed by atoms with Crippen LogP contribution in [0.25, 0.3) is 0 Å². The van der Waals surface area contributed by atoms with Crippen LogP contribution in [-0.4, -0.2) is 30.7 Å². The third-order valence-electron chi connectivity index (χ3n) is 8.37. The van der Waals surface area contributed by atoms with Crippen LogP contribution in [0, 0.1) is 29.6 Å². The van der Waals surface area contributed by atoms with Gasteiger partial charge in [0.2, 0.25) is 0 Å². The summed E-state index contributed by atoms with van der Waals surface area (Å²) in [5.74, 6) is 3.54. The van der Waals surface area contributed by atoms with E-state index in [-0.39, 0.29) is 5.92 Å². The average molecular weight is 435 g/mol. The molecule has 0 bridgehead atoms. The Bertz CT molecular complexity index is 604. The number of hydrogen-bond acceptors (Lipinski definition) is 4. The smallest absolute Gasteiger partial charge is 0.134 e. The second-order valence-corrected chi connectivity index (χ2v) is 11.6. The molecule has 0 aromatic rings. The van der Waals surface area contributed by atoms with Gasteiger partial charge in [0.15, 0.2) is 0 Å². The van der Waals surface area contributed by atoms with Crippen molar-refractivity contribution in [1.82, 2.24) is 10.0 Å². The van der Waals surface area contributed by atoms with Gasteiger partial charge in [0.05, 0.1) is 0 Å². The van der Waals surface area contributed by atoms with Crippen molar-refractivity contribution in [2.75, 3.05) is 13.6 Å². The van der Waals surface area contributed by atoms with Crippen LogP contribution in [0.1, 0.15) is 91.9 Å². The molecule has 3 rings (SSSR count). The molecular weight excluding hydrogens is 388 g/mol. The lowest BCUT2D eigenvalue weighted by molar-refractivity contribution is -0.122. The zero-order valence-electron chi connectivity index (χ0n) is 20.1. The molecule has 2 N–H and O–H groups in total. The van der Waals surface area contributed by atoms with E-state index in [9.17, 15) is 4.79 Å². The molecule has 0 aromatic carbocycles. The fourth-order valence-corrected chi connectivity index (χ4v) is 7.79. The molecule has 0 amide bonds. The van der Waals surface area contributed by atoms with Gasteiger partial charge in [-0.15, -0.1) is 0 Å². The van der Waals surface area contributed by atoms with Crippen molar-refractivity contribution in [2.24, 2.45) is 29.6 Å². The third-order valence-corrected chi connectivity index (χ3v) is 9.78. The lowest BCUT2D eigenvalue weighted by atomic mass is 9.67. The first-order valence-corrected chi connectivity index (χ1v) is 13.6. The Labute approximate surface area is 190 Å². The van der Waals surface area contributed by atoms with Gasteiger partial charge in [-0.1, -0.05) is 56.7 Å². The first-order chi connectivity index (χ1) is 14.5. The number of carbonyl (C=O) groups is 1. The highest BCUT2D eigenvalue weighted by molar-refractivity contribution is 7.98. The number of nitrogens with one attached hydrogen (secondary N) is 2. The molecule has 3 aliphatic rings. The summed E-state index contributed by atoms with van der Waals surface area (Å²) < 4.78 is 3.82. The minimum atomic E-state index is 0.218. The van der Waals surface area contributed by atoms with Crippen molar-refractivity contribution in [3.05, 3.63) is 11.1 Å². The van der Waals surface area contributed by atoms with Crippen molar-refractivity contribution < 1.29 is 4.79 Å². The van der Waals surface area contributed by atoms with Crippen LogP contribution in [0.2, 0.25) is 0 Å². The van der Waals surface area contributed by atoms with Gasteiger partial charge in [-0.3, -0.25) is 9.52 Å². The van der Waals surface area contributed by atoms with Crippen molar-refractivity contribution in [2.45, 2.75) is 103 Å². The van der Waals surface area contributed by atoms with Gasteiger partial charge in [0, 0.05) is 23.8 Å². The summed E-state index contributed by atoms with van der Waals surface area (Å²) >= 11 is 1.97. The minimum Gasteiger partial charge on any atom is -0.319 e. The maximum absolute atomic E-state index is 12.2. The summed E-state index contributed by atoms with van der Waals surface area (Å²) in [7, 11) is 2.12. The molecule has 0 aromatic heterocycles. The summed E-state index contributed by atoms with van der Waals surface area (Å²) in [5, 5.41) is 4.19. The van der Waals surface area contributed by atoms with Crippen LogP contribution in [0.4, 0.5) is 0 Å². The maximum Gasteiger partial charge on any atom is 0.134 e. The molecule has 0 heterocycles. The zero-order valence-corrected chi connectivity index (χ0v) is 21.0. The number of ketones is 1. The Balaban J connectivity index is 1.56. The van der Waals surface area contributed by atoms with Crippen LogP contribution in [-0.2, 0) is 4.79 Å². The van der Waals surface area contributed by atoms with E-state index in [1.54, 1.807) is 12.5 Å². The van der Waals surface area contributed by atoms with Crippen molar-refractivity contribution in [1.29, 1.82) is 0 Å². The number of Topliss-reactive ketones (excluding diaryl/α,β-unsaturated/α-hetero) is 1. The Morgan fingerprint density at radius 2 is 1.93 bits per heavy atom. The van der Waals surface area contributed by atoms with E-state index in [0.29, 0.717) is 23.0 Å². The highest BCUT2D eigenvalue weighted by Gasteiger charge is 2.38. The molecule has 0 spiro atoms. The van der Waals surface area contributed by atoms with Crippen LogP contribution in [0.5, 0.6) is 0 Å². The third kappa shape index (κ3) is 5.72. The maximum atomic E-state index is 12.2. The number of hydrogen-bond donors (Lipinski definition) is 2. The van der Waals surface area contributed by atoms with Crippen LogP contribution >= 0.6 is 11.9 Å².